The highest BCUT2D eigenvalue weighted by molar-refractivity contribution is 6.15. The van der Waals surface area contributed by atoms with Gasteiger partial charge in [0.15, 0.2) is 0 Å². The molecule has 2 heterocycles. The Bertz CT molecular complexity index is 1860. The largest absolute Gasteiger partial charge is 0.400 e. The fourth-order valence-corrected chi connectivity index (χ4v) is 5.97. The highest BCUT2D eigenvalue weighted by atomic mass is 19.1. The number of amides is 1. The zero-order valence-electron chi connectivity index (χ0n) is 24.3. The average molecular weight is 565 g/mol. The van der Waals surface area contributed by atoms with E-state index in [1.165, 1.54) is 44.2 Å². The number of imidazole rings is 1. The van der Waals surface area contributed by atoms with Crippen molar-refractivity contribution >= 4 is 38.7 Å². The minimum Gasteiger partial charge on any atom is -0.400 e. The lowest BCUT2D eigenvalue weighted by Crippen LogP contribution is -2.12. The number of halogens is 1. The van der Waals surface area contributed by atoms with Gasteiger partial charge in [-0.3, -0.25) is 4.79 Å². The van der Waals surface area contributed by atoms with Crippen LogP contribution in [0.3, 0.4) is 0 Å². The Morgan fingerprint density at radius 2 is 1.69 bits per heavy atom. The molecule has 1 saturated carbocycles. The Balaban J connectivity index is 0.000000341. The summed E-state index contributed by atoms with van der Waals surface area (Å²) in [4.78, 5) is 19.7. The van der Waals surface area contributed by atoms with Gasteiger partial charge in [-0.05, 0) is 66.9 Å². The van der Waals surface area contributed by atoms with Crippen molar-refractivity contribution in [2.24, 2.45) is 11.7 Å². The number of primary amides is 1. The first-order chi connectivity index (χ1) is 20.4. The van der Waals surface area contributed by atoms with Crippen molar-refractivity contribution in [1.29, 1.82) is 0 Å². The molecule has 6 nitrogen and oxygen atoms in total. The Labute approximate surface area is 245 Å². The highest BCUT2D eigenvalue weighted by Crippen LogP contribution is 2.38. The maximum Gasteiger partial charge on any atom is 0.248 e. The second-order valence-electron chi connectivity index (χ2n) is 10.9. The van der Waals surface area contributed by atoms with Crippen LogP contribution in [-0.4, -0.2) is 32.7 Å². The number of rotatable bonds is 3. The smallest absolute Gasteiger partial charge is 0.248 e. The van der Waals surface area contributed by atoms with E-state index in [0.717, 1.165) is 51.6 Å². The molecule has 1 aliphatic rings. The van der Waals surface area contributed by atoms with E-state index in [4.69, 9.17) is 15.8 Å². The number of carbonyl (C=O) groups excluding carboxylic acids is 1. The molecule has 4 N–H and O–H groups in total. The molecule has 0 radical (unpaired) electrons. The summed E-state index contributed by atoms with van der Waals surface area (Å²) >= 11 is 0. The van der Waals surface area contributed by atoms with Crippen LogP contribution in [0.15, 0.2) is 78.9 Å². The molecule has 0 spiro atoms. The van der Waals surface area contributed by atoms with E-state index in [1.807, 2.05) is 43.3 Å². The normalized spacial score (nSPS) is 13.5. The van der Waals surface area contributed by atoms with E-state index in [2.05, 4.69) is 34.7 Å². The molecule has 0 aliphatic heterocycles. The first-order valence-corrected chi connectivity index (χ1v) is 14.4. The summed E-state index contributed by atoms with van der Waals surface area (Å²) < 4.78 is 15.9. The number of H-pyrrole nitrogens is 1. The lowest BCUT2D eigenvalue weighted by atomic mass is 9.91. The Kier molecular flexibility index (Phi) is 8.69. The maximum atomic E-state index is 13.7. The SMILES string of the molecule is CC1CCCCC1.CO.Cc1cc(-n2c3ccccc3c3c(-c4nc5ccc(F)cc5[nH]4)cccc32)ccc1C(N)=O. The number of hydrogen-bond acceptors (Lipinski definition) is 3. The molecule has 216 valence electrons. The minimum absolute atomic E-state index is 0.303. The lowest BCUT2D eigenvalue weighted by molar-refractivity contribution is 0.0999. The van der Waals surface area contributed by atoms with Crippen LogP contribution in [0.1, 0.15) is 54.9 Å². The zero-order valence-corrected chi connectivity index (χ0v) is 24.3. The molecule has 0 atom stereocenters. The number of hydrogen-bond donors (Lipinski definition) is 3. The van der Waals surface area contributed by atoms with E-state index < -0.39 is 5.91 Å². The number of para-hydroxylation sites is 1. The summed E-state index contributed by atoms with van der Waals surface area (Å²) in [5.41, 5.74) is 12.1. The molecule has 1 fully saturated rings. The first kappa shape index (κ1) is 29.0. The molecule has 1 amide bonds. The number of aliphatic hydroxyl groups excluding tert-OH is 1. The van der Waals surface area contributed by atoms with Gasteiger partial charge in [-0.25, -0.2) is 9.37 Å². The van der Waals surface area contributed by atoms with E-state index in [0.29, 0.717) is 22.4 Å². The second-order valence-corrected chi connectivity index (χ2v) is 10.9. The molecule has 7 heteroatoms. The van der Waals surface area contributed by atoms with Crippen LogP contribution < -0.4 is 5.73 Å². The Morgan fingerprint density at radius 3 is 2.38 bits per heavy atom. The monoisotopic (exact) mass is 564 g/mol. The summed E-state index contributed by atoms with van der Waals surface area (Å²) in [6, 6.07) is 24.5. The van der Waals surface area contributed by atoms with Gasteiger partial charge in [-0.2, -0.15) is 0 Å². The fraction of sp³-hybridized carbons (Fsp3) is 0.257. The standard InChI is InChI=1S/C27H19FN4O.C7H14.CH4O/c1-15-13-17(10-11-18(15)26(29)33)32-23-7-3-2-5-19(23)25-20(6-4-8-24(25)32)27-30-21-12-9-16(28)14-22(21)31-27;1-7-5-3-2-4-6-7;1-2/h2-14H,1H3,(H2,29,33)(H,30,31);7H,2-6H2,1H3;2H,1H3. The van der Waals surface area contributed by atoms with Crippen molar-refractivity contribution < 1.29 is 14.3 Å². The predicted octanol–water partition coefficient (Wildman–Crippen LogP) is 8.07. The van der Waals surface area contributed by atoms with Gasteiger partial charge in [-0.1, -0.05) is 69.4 Å². The van der Waals surface area contributed by atoms with Crippen molar-refractivity contribution in [3.05, 3.63) is 95.8 Å². The number of nitrogens with one attached hydrogen (secondary N) is 1. The fourth-order valence-electron chi connectivity index (χ4n) is 5.97. The van der Waals surface area contributed by atoms with Crippen molar-refractivity contribution in [3.63, 3.8) is 0 Å². The van der Waals surface area contributed by atoms with Crippen LogP contribution in [0.25, 0.3) is 49.9 Å². The van der Waals surface area contributed by atoms with Gasteiger partial charge in [0, 0.05) is 34.7 Å². The molecule has 4 aromatic carbocycles. The van der Waals surface area contributed by atoms with Crippen LogP contribution in [0.5, 0.6) is 0 Å². The van der Waals surface area contributed by atoms with Crippen molar-refractivity contribution in [3.8, 4) is 17.1 Å². The van der Waals surface area contributed by atoms with E-state index in [-0.39, 0.29) is 5.82 Å². The van der Waals surface area contributed by atoms with Gasteiger partial charge in [-0.15, -0.1) is 0 Å². The van der Waals surface area contributed by atoms with Gasteiger partial charge in [0.05, 0.1) is 22.1 Å². The van der Waals surface area contributed by atoms with Crippen molar-refractivity contribution in [2.75, 3.05) is 7.11 Å². The van der Waals surface area contributed by atoms with Crippen LogP contribution in [0, 0.1) is 18.7 Å². The first-order valence-electron chi connectivity index (χ1n) is 14.4. The number of nitrogens with zero attached hydrogens (tertiary/aromatic N) is 2. The molecule has 0 bridgehead atoms. The number of fused-ring (bicyclic) bond motifs is 4. The number of benzene rings is 4. The molecule has 42 heavy (non-hydrogen) atoms. The summed E-state index contributed by atoms with van der Waals surface area (Å²) in [5, 5.41) is 9.12. The molecule has 7 rings (SSSR count). The number of aryl methyl sites for hydroxylation is 1. The van der Waals surface area contributed by atoms with E-state index in [1.54, 1.807) is 12.1 Å². The van der Waals surface area contributed by atoms with Gasteiger partial charge < -0.3 is 20.4 Å². The third-order valence-electron chi connectivity index (χ3n) is 8.02. The number of aromatic nitrogens is 3. The number of aliphatic hydroxyl groups is 1. The predicted molar refractivity (Wildman–Crippen MR) is 169 cm³/mol. The van der Waals surface area contributed by atoms with Gasteiger partial charge >= 0.3 is 0 Å². The highest BCUT2D eigenvalue weighted by Gasteiger charge is 2.18. The summed E-state index contributed by atoms with van der Waals surface area (Å²) in [7, 11) is 1.00. The van der Waals surface area contributed by atoms with Crippen LogP contribution >= 0.6 is 0 Å². The quantitative estimate of drug-likeness (QED) is 0.203. The number of aromatic amines is 1. The molecular weight excluding hydrogens is 527 g/mol. The molecule has 1 aliphatic carbocycles. The number of nitrogens with two attached hydrogens (primary N) is 1. The topological polar surface area (TPSA) is 96.9 Å². The third kappa shape index (κ3) is 5.65. The molecule has 0 unspecified atom stereocenters. The van der Waals surface area contributed by atoms with Crippen LogP contribution in [0.4, 0.5) is 4.39 Å². The second kappa shape index (κ2) is 12.6. The third-order valence-corrected chi connectivity index (χ3v) is 8.02. The molecule has 0 saturated heterocycles. The average Bonchev–Trinajstić information content (AvgIpc) is 3.57. The molecule has 6 aromatic rings. The summed E-state index contributed by atoms with van der Waals surface area (Å²) in [6.07, 6.45) is 7.44. The lowest BCUT2D eigenvalue weighted by Gasteiger charge is -2.15. The van der Waals surface area contributed by atoms with E-state index in [9.17, 15) is 9.18 Å². The summed E-state index contributed by atoms with van der Waals surface area (Å²) in [5.74, 6) is 0.977. The Morgan fingerprint density at radius 1 is 0.952 bits per heavy atom. The number of carbonyl (C=O) groups is 1. The van der Waals surface area contributed by atoms with Gasteiger partial charge in [0.2, 0.25) is 5.91 Å². The van der Waals surface area contributed by atoms with Crippen molar-refractivity contribution in [1.82, 2.24) is 14.5 Å². The van der Waals surface area contributed by atoms with E-state index >= 15 is 0 Å². The van der Waals surface area contributed by atoms with Gasteiger partial charge in [0.25, 0.3) is 0 Å². The zero-order chi connectivity index (χ0) is 29.8. The maximum absolute atomic E-state index is 13.7. The van der Waals surface area contributed by atoms with Crippen LogP contribution in [-0.2, 0) is 0 Å². The summed E-state index contributed by atoms with van der Waals surface area (Å²) in [6.45, 7) is 4.25. The van der Waals surface area contributed by atoms with Crippen molar-refractivity contribution in [2.45, 2.75) is 46.0 Å². The van der Waals surface area contributed by atoms with Crippen LogP contribution in [0.2, 0.25) is 0 Å². The molecule has 2 aromatic heterocycles. The molecular formula is C35H37FN4O2. The Hall–Kier alpha value is -4.49. The van der Waals surface area contributed by atoms with Gasteiger partial charge in [0.1, 0.15) is 11.6 Å². The minimum atomic E-state index is -0.440.